The third-order valence-electron chi connectivity index (χ3n) is 0. The van der Waals surface area contributed by atoms with Gasteiger partial charge in [-0.1, -0.05) is 11.8 Å². The first kappa shape index (κ1) is 16.5. The molecule has 0 aromatic rings. The van der Waals surface area contributed by atoms with Gasteiger partial charge in [-0.25, -0.2) is 0 Å². The molecule has 0 spiro atoms. The van der Waals surface area contributed by atoms with Crippen LogP contribution in [0.2, 0.25) is 0 Å². The van der Waals surface area contributed by atoms with Gasteiger partial charge in [-0.3, -0.25) is 0 Å². The van der Waals surface area contributed by atoms with Crippen LogP contribution in [0, 0.1) is 0 Å². The summed E-state index contributed by atoms with van der Waals surface area (Å²) in [7, 11) is 2.56. The van der Waals surface area contributed by atoms with Crippen molar-refractivity contribution in [2.45, 2.75) is 0 Å². The van der Waals surface area contributed by atoms with Gasteiger partial charge >= 0.3 is 25.8 Å². The van der Waals surface area contributed by atoms with Crippen LogP contribution in [0.15, 0.2) is 0 Å². The molecular formula is H4AgInPS. The van der Waals surface area contributed by atoms with Crippen LogP contribution in [0.3, 0.4) is 0 Å². The molecule has 1 radical (unpaired) electrons. The fourth-order valence-electron chi connectivity index (χ4n) is 0. The molecule has 0 rings (SSSR count). The molecule has 0 bridgehead atoms. The van der Waals surface area contributed by atoms with Gasteiger partial charge < -0.3 is 0 Å². The molecule has 0 heterocycles. The van der Waals surface area contributed by atoms with Crippen molar-refractivity contribution in [1.29, 1.82) is 0 Å². The Labute approximate surface area is 67.3 Å². The fraction of sp³-hybridized carbons (Fsp3) is 0. The van der Waals surface area contributed by atoms with Crippen molar-refractivity contribution in [2.75, 3.05) is 0 Å². The zero-order valence-corrected chi connectivity index (χ0v) is 4.51. The van der Waals surface area contributed by atoms with Crippen molar-refractivity contribution in [3.8, 4) is 0 Å². The van der Waals surface area contributed by atoms with Crippen molar-refractivity contribution in [3.05, 3.63) is 0 Å². The summed E-state index contributed by atoms with van der Waals surface area (Å²) in [6.45, 7) is 0. The fourth-order valence-corrected chi connectivity index (χ4v) is 0. The van der Waals surface area contributed by atoms with Gasteiger partial charge in [-0.15, -0.1) is 0 Å². The van der Waals surface area contributed by atoms with Crippen LogP contribution in [0.4, 0.5) is 0 Å². The van der Waals surface area contributed by atoms with Gasteiger partial charge in [-0.2, -0.15) is 0 Å². The molecule has 0 nitrogen and oxygen atoms in total. The Balaban J connectivity index is -0.00000000500. The average molecular weight is 290 g/mol. The second-order valence-corrected chi connectivity index (χ2v) is 0. The maximum absolute atomic E-state index is 3.89. The number of hydrogen-bond donors (Lipinski definition) is 0. The van der Waals surface area contributed by atoms with E-state index in [1.165, 1.54) is 0 Å². The molecule has 0 N–H and O–H groups in total. The number of hydrogen-bond acceptors (Lipinski definition) is 1. The van der Waals surface area contributed by atoms with Gasteiger partial charge in [0.25, 0.3) is 0 Å². The molecule has 0 aliphatic carbocycles. The van der Waals surface area contributed by atoms with Crippen LogP contribution in [0.25, 0.3) is 0 Å². The molecule has 4 heteroatoms. The van der Waals surface area contributed by atoms with Crippen LogP contribution >= 0.6 is 8.02 Å². The van der Waals surface area contributed by atoms with Crippen molar-refractivity contribution < 1.29 is 22.4 Å². The number of rotatable bonds is 0. The molecule has 0 aromatic heterocycles. The first-order valence-electron chi connectivity index (χ1n) is 0.204. The second-order valence-electron chi connectivity index (χ2n) is 0. The maximum atomic E-state index is 3.89. The molecule has 4 heavy (non-hydrogen) atoms. The van der Waals surface area contributed by atoms with Crippen LogP contribution in [0.5, 0.6) is 0 Å². The van der Waals surface area contributed by atoms with Crippen molar-refractivity contribution in [2.24, 2.45) is 0 Å². The Morgan fingerprint density at radius 1 is 1.25 bits per heavy atom. The molecule has 0 amide bonds. The van der Waals surface area contributed by atoms with Gasteiger partial charge in [0, 0.05) is 22.4 Å². The third-order valence-corrected chi connectivity index (χ3v) is 0. The zero-order valence-electron chi connectivity index (χ0n) is 1.21. The van der Waals surface area contributed by atoms with Gasteiger partial charge in [0.05, 0.1) is 0 Å². The van der Waals surface area contributed by atoms with Crippen LogP contribution < -0.4 is 0 Å². The monoisotopic (exact) mass is 289 g/mol. The van der Waals surface area contributed by atoms with Crippen molar-refractivity contribution >= 4 is 45.7 Å². The predicted molar refractivity (Wildman–Crippen MR) is 25.6 cm³/mol. The molecule has 0 atom stereocenters. The van der Waals surface area contributed by atoms with Gasteiger partial charge in [0.1, 0.15) is 0 Å². The van der Waals surface area contributed by atoms with Gasteiger partial charge in [0.2, 0.25) is 0 Å². The van der Waals surface area contributed by atoms with Crippen LogP contribution in [-0.2, 0) is 34.2 Å². The van der Waals surface area contributed by atoms with Crippen LogP contribution in [0.1, 0.15) is 0 Å². The first-order valence-corrected chi connectivity index (χ1v) is 1.84. The summed E-state index contributed by atoms with van der Waals surface area (Å²) in [5.41, 5.74) is 0. The molecule has 0 aliphatic rings. The SMILES string of the molecule is P=S.[Ag].[InH3]. The normalized spacial score (nSPS) is 1.00. The Kier molecular flexibility index (Phi) is 79.4. The summed E-state index contributed by atoms with van der Waals surface area (Å²) in [5.74, 6) is 0. The van der Waals surface area contributed by atoms with E-state index < -0.39 is 0 Å². The summed E-state index contributed by atoms with van der Waals surface area (Å²) >= 11 is 3.89. The summed E-state index contributed by atoms with van der Waals surface area (Å²) in [5, 5.41) is 0. The Bertz CT molecular complexity index is 8.00. The average Bonchev–Trinajstić information content (AvgIpc) is 1.00. The summed E-state index contributed by atoms with van der Waals surface area (Å²) < 4.78 is 0. The third kappa shape index (κ3) is 8.92. The minimum atomic E-state index is 0. The molecule has 29 valence electrons. The van der Waals surface area contributed by atoms with E-state index >= 15 is 0 Å². The first-order chi connectivity index (χ1) is 1.00. The molecule has 0 unspecified atom stereocenters. The van der Waals surface area contributed by atoms with E-state index in [2.05, 4.69) is 19.8 Å². The van der Waals surface area contributed by atoms with Gasteiger partial charge in [0.15, 0.2) is 0 Å². The van der Waals surface area contributed by atoms with Gasteiger partial charge in [-0.05, 0) is 8.02 Å². The second kappa shape index (κ2) is 19.3. The van der Waals surface area contributed by atoms with Crippen LogP contribution in [-0.4, -0.2) is 25.8 Å². The molecule has 0 aliphatic heterocycles. The van der Waals surface area contributed by atoms with E-state index in [1.807, 2.05) is 0 Å². The van der Waals surface area contributed by atoms with Crippen molar-refractivity contribution in [3.63, 3.8) is 0 Å². The predicted octanol–water partition coefficient (Wildman–Crippen LogP) is -0.595. The van der Waals surface area contributed by atoms with E-state index in [-0.39, 0.29) is 48.2 Å². The Morgan fingerprint density at radius 3 is 1.25 bits per heavy atom. The summed E-state index contributed by atoms with van der Waals surface area (Å²) in [4.78, 5) is 0. The topological polar surface area (TPSA) is 0 Å². The molecular weight excluding hydrogens is 286 g/mol. The van der Waals surface area contributed by atoms with Crippen molar-refractivity contribution in [1.82, 2.24) is 0 Å². The Morgan fingerprint density at radius 2 is 1.25 bits per heavy atom. The van der Waals surface area contributed by atoms with E-state index in [4.69, 9.17) is 0 Å². The molecule has 0 aromatic carbocycles. The van der Waals surface area contributed by atoms with E-state index in [1.54, 1.807) is 0 Å². The minimum absolute atomic E-state index is 0. The Hall–Kier alpha value is 2.13. The standard InChI is InChI=1S/Ag.In.HPS.3H/c;;1-2;;;/h;;1H;;;. The summed E-state index contributed by atoms with van der Waals surface area (Å²) in [6.07, 6.45) is 0. The molecule has 0 saturated heterocycles. The quantitative estimate of drug-likeness (QED) is 0.424. The molecule has 0 fully saturated rings. The summed E-state index contributed by atoms with van der Waals surface area (Å²) in [6, 6.07) is 0. The van der Waals surface area contributed by atoms with E-state index in [0.29, 0.717) is 0 Å². The van der Waals surface area contributed by atoms with E-state index in [9.17, 15) is 0 Å². The van der Waals surface area contributed by atoms with E-state index in [0.717, 1.165) is 0 Å². The zero-order chi connectivity index (χ0) is 2.00. The molecule has 0 saturated carbocycles.